The van der Waals surface area contributed by atoms with E-state index in [1.54, 1.807) is 0 Å². The van der Waals surface area contributed by atoms with Crippen molar-refractivity contribution < 1.29 is 9.84 Å². The predicted molar refractivity (Wildman–Crippen MR) is 56.1 cm³/mol. The molecule has 0 saturated carbocycles. The monoisotopic (exact) mass is 244 g/mol. The number of hydrogen-bond donors (Lipinski definition) is 1. The molecule has 0 spiro atoms. The molecule has 0 aliphatic carbocycles. The Morgan fingerprint density at radius 2 is 2.23 bits per heavy atom. The summed E-state index contributed by atoms with van der Waals surface area (Å²) in [6.45, 7) is 2.78. The summed E-state index contributed by atoms with van der Waals surface area (Å²) >= 11 is 3.40. The van der Waals surface area contributed by atoms with Crippen LogP contribution in [0.1, 0.15) is 12.5 Å². The van der Waals surface area contributed by atoms with Gasteiger partial charge in [0.2, 0.25) is 0 Å². The normalized spacial score (nSPS) is 10.1. The summed E-state index contributed by atoms with van der Waals surface area (Å²) < 4.78 is 6.35. The Morgan fingerprint density at radius 1 is 1.46 bits per heavy atom. The molecule has 1 aromatic rings. The van der Waals surface area contributed by atoms with Crippen molar-refractivity contribution in [3.63, 3.8) is 0 Å². The summed E-state index contributed by atoms with van der Waals surface area (Å²) in [4.78, 5) is 0. The first-order chi connectivity index (χ1) is 6.27. The van der Waals surface area contributed by atoms with Crippen molar-refractivity contribution in [1.82, 2.24) is 0 Å². The van der Waals surface area contributed by atoms with Gasteiger partial charge in [-0.3, -0.25) is 0 Å². The zero-order valence-electron chi connectivity index (χ0n) is 7.59. The van der Waals surface area contributed by atoms with Crippen molar-refractivity contribution in [2.24, 2.45) is 0 Å². The minimum Gasteiger partial charge on any atom is -0.493 e. The fourth-order valence-corrected chi connectivity index (χ4v) is 1.46. The fraction of sp³-hybridized carbons (Fsp3) is 0.400. The van der Waals surface area contributed by atoms with Crippen LogP contribution in [0.25, 0.3) is 0 Å². The van der Waals surface area contributed by atoms with E-state index in [9.17, 15) is 0 Å². The molecule has 0 fully saturated rings. The van der Waals surface area contributed by atoms with Crippen LogP contribution >= 0.6 is 15.9 Å². The van der Waals surface area contributed by atoms with Crippen molar-refractivity contribution in [3.05, 3.63) is 28.2 Å². The van der Waals surface area contributed by atoms with Crippen molar-refractivity contribution in [3.8, 4) is 5.75 Å². The van der Waals surface area contributed by atoms with Gasteiger partial charge in [-0.2, -0.15) is 0 Å². The van der Waals surface area contributed by atoms with Gasteiger partial charge in [0.05, 0.1) is 11.1 Å². The van der Waals surface area contributed by atoms with Crippen molar-refractivity contribution in [1.29, 1.82) is 0 Å². The zero-order valence-corrected chi connectivity index (χ0v) is 9.17. The predicted octanol–water partition coefficient (Wildman–Crippen LogP) is 2.38. The van der Waals surface area contributed by atoms with Gasteiger partial charge in [0.15, 0.2) is 0 Å². The Kier molecular flexibility index (Phi) is 4.25. The smallest absolute Gasteiger partial charge is 0.133 e. The molecule has 0 radical (unpaired) electrons. The molecule has 0 amide bonds. The van der Waals surface area contributed by atoms with Crippen LogP contribution in [0, 0.1) is 0 Å². The molecule has 2 nitrogen and oxygen atoms in total. The molecule has 0 bridgehead atoms. The Bertz CT molecular complexity index is 274. The molecule has 1 aromatic carbocycles. The largest absolute Gasteiger partial charge is 0.493 e. The average Bonchev–Trinajstić information content (AvgIpc) is 2.12. The van der Waals surface area contributed by atoms with E-state index in [0.717, 1.165) is 15.8 Å². The first-order valence-electron chi connectivity index (χ1n) is 4.30. The number of aliphatic hydroxyl groups excluding tert-OH is 1. The van der Waals surface area contributed by atoms with Crippen LogP contribution in [0.3, 0.4) is 0 Å². The van der Waals surface area contributed by atoms with Gasteiger partial charge in [0.25, 0.3) is 0 Å². The molecule has 0 aliphatic rings. The summed E-state index contributed by atoms with van der Waals surface area (Å²) in [5.74, 6) is 0.841. The van der Waals surface area contributed by atoms with Gasteiger partial charge < -0.3 is 9.84 Å². The first-order valence-corrected chi connectivity index (χ1v) is 5.09. The molecule has 13 heavy (non-hydrogen) atoms. The minimum absolute atomic E-state index is 0.174. The van der Waals surface area contributed by atoms with Gasteiger partial charge in [-0.15, -0.1) is 0 Å². The number of hydrogen-bond acceptors (Lipinski definition) is 2. The zero-order chi connectivity index (χ0) is 9.68. The highest BCUT2D eigenvalue weighted by molar-refractivity contribution is 9.10. The van der Waals surface area contributed by atoms with E-state index >= 15 is 0 Å². The SMILES string of the molecule is CCOc1cc(CCO)ccc1Br. The van der Waals surface area contributed by atoms with Gasteiger partial charge in [0, 0.05) is 6.61 Å². The number of halogens is 1. The molecule has 3 heteroatoms. The summed E-state index contributed by atoms with van der Waals surface area (Å²) in [5.41, 5.74) is 1.09. The van der Waals surface area contributed by atoms with E-state index in [-0.39, 0.29) is 6.61 Å². The van der Waals surface area contributed by atoms with Gasteiger partial charge in [-0.05, 0) is 47.0 Å². The Balaban J connectivity index is 2.83. The Morgan fingerprint density at radius 3 is 2.85 bits per heavy atom. The van der Waals surface area contributed by atoms with E-state index in [0.29, 0.717) is 13.0 Å². The third kappa shape index (κ3) is 3.01. The second-order valence-corrected chi connectivity index (χ2v) is 3.53. The van der Waals surface area contributed by atoms with Crippen molar-refractivity contribution in [2.45, 2.75) is 13.3 Å². The quantitative estimate of drug-likeness (QED) is 0.882. The molecule has 0 atom stereocenters. The summed E-state index contributed by atoms with van der Waals surface area (Å²) in [6.07, 6.45) is 0.674. The molecule has 1 rings (SSSR count). The molecule has 0 unspecified atom stereocenters. The molecular weight excluding hydrogens is 232 g/mol. The first kappa shape index (κ1) is 10.5. The highest BCUT2D eigenvalue weighted by Gasteiger charge is 2.01. The van der Waals surface area contributed by atoms with Crippen LogP contribution in [0.5, 0.6) is 5.75 Å². The lowest BCUT2D eigenvalue weighted by Crippen LogP contribution is -1.95. The molecular formula is C10H13BrO2. The van der Waals surface area contributed by atoms with E-state index in [2.05, 4.69) is 15.9 Å². The molecule has 0 aliphatic heterocycles. The van der Waals surface area contributed by atoms with Gasteiger partial charge >= 0.3 is 0 Å². The van der Waals surface area contributed by atoms with Gasteiger partial charge in [-0.1, -0.05) is 6.07 Å². The average molecular weight is 245 g/mol. The lowest BCUT2D eigenvalue weighted by atomic mass is 10.1. The number of aliphatic hydroxyl groups is 1. The lowest BCUT2D eigenvalue weighted by Gasteiger charge is -2.07. The van der Waals surface area contributed by atoms with Crippen molar-refractivity contribution in [2.75, 3.05) is 13.2 Å². The molecule has 0 saturated heterocycles. The maximum absolute atomic E-state index is 8.76. The number of ether oxygens (including phenoxy) is 1. The second kappa shape index (κ2) is 5.25. The third-order valence-corrected chi connectivity index (χ3v) is 2.35. The Hall–Kier alpha value is -0.540. The summed E-state index contributed by atoms with van der Waals surface area (Å²) in [7, 11) is 0. The van der Waals surface area contributed by atoms with Crippen molar-refractivity contribution >= 4 is 15.9 Å². The highest BCUT2D eigenvalue weighted by Crippen LogP contribution is 2.26. The van der Waals surface area contributed by atoms with Gasteiger partial charge in [0.1, 0.15) is 5.75 Å². The van der Waals surface area contributed by atoms with Crippen LogP contribution in [-0.4, -0.2) is 18.3 Å². The maximum Gasteiger partial charge on any atom is 0.133 e. The van der Waals surface area contributed by atoms with Crippen LogP contribution < -0.4 is 4.74 Å². The van der Waals surface area contributed by atoms with E-state index in [1.807, 2.05) is 25.1 Å². The van der Waals surface area contributed by atoms with Crippen LogP contribution in [0.4, 0.5) is 0 Å². The standard InChI is InChI=1S/C10H13BrO2/c1-2-13-10-7-8(5-6-12)3-4-9(10)11/h3-4,7,12H,2,5-6H2,1H3. The van der Waals surface area contributed by atoms with E-state index in [4.69, 9.17) is 9.84 Å². The van der Waals surface area contributed by atoms with Crippen LogP contribution in [0.2, 0.25) is 0 Å². The molecule has 1 N–H and O–H groups in total. The maximum atomic E-state index is 8.76. The number of rotatable bonds is 4. The van der Waals surface area contributed by atoms with Crippen LogP contribution in [-0.2, 0) is 6.42 Å². The Labute approximate surface area is 86.7 Å². The minimum atomic E-state index is 0.174. The van der Waals surface area contributed by atoms with Gasteiger partial charge in [-0.25, -0.2) is 0 Å². The molecule has 0 aromatic heterocycles. The number of benzene rings is 1. The molecule has 0 heterocycles. The second-order valence-electron chi connectivity index (χ2n) is 2.67. The van der Waals surface area contributed by atoms with Crippen LogP contribution in [0.15, 0.2) is 22.7 Å². The summed E-state index contributed by atoms with van der Waals surface area (Å²) in [5, 5.41) is 8.76. The molecule has 72 valence electrons. The third-order valence-electron chi connectivity index (χ3n) is 1.70. The van der Waals surface area contributed by atoms with E-state index < -0.39 is 0 Å². The fourth-order valence-electron chi connectivity index (χ4n) is 1.10. The highest BCUT2D eigenvalue weighted by atomic mass is 79.9. The van der Waals surface area contributed by atoms with E-state index in [1.165, 1.54) is 0 Å². The topological polar surface area (TPSA) is 29.5 Å². The lowest BCUT2D eigenvalue weighted by molar-refractivity contribution is 0.299. The summed E-state index contributed by atoms with van der Waals surface area (Å²) in [6, 6.07) is 5.86.